The molecule has 1 heterocycles. The zero-order chi connectivity index (χ0) is 18.6. The average Bonchev–Trinajstić information content (AvgIpc) is 2.56. The molecule has 2 aromatic rings. The fraction of sp³-hybridized carbons (Fsp3) is 0.500. The van der Waals surface area contributed by atoms with Crippen molar-refractivity contribution in [1.82, 2.24) is 14.9 Å². The molecule has 2 rings (SSSR count). The highest BCUT2D eigenvalue weighted by molar-refractivity contribution is 8.00. The minimum absolute atomic E-state index is 0.0478. The van der Waals surface area contributed by atoms with E-state index < -0.39 is 0 Å². The van der Waals surface area contributed by atoms with Crippen molar-refractivity contribution in [2.75, 3.05) is 6.54 Å². The first-order valence-electron chi connectivity index (χ1n) is 8.48. The lowest BCUT2D eigenvalue weighted by Crippen LogP contribution is -2.32. The molecule has 7 heteroatoms. The molecule has 0 bridgehead atoms. The van der Waals surface area contributed by atoms with Gasteiger partial charge in [0, 0.05) is 18.1 Å². The summed E-state index contributed by atoms with van der Waals surface area (Å²) >= 11 is 7.34. The molecule has 1 atom stereocenters. The van der Waals surface area contributed by atoms with Gasteiger partial charge in [-0.25, -0.2) is 4.98 Å². The lowest BCUT2D eigenvalue weighted by atomic mass is 10.2. The van der Waals surface area contributed by atoms with Crippen LogP contribution in [0.15, 0.2) is 28.2 Å². The predicted molar refractivity (Wildman–Crippen MR) is 104 cm³/mol. The summed E-state index contributed by atoms with van der Waals surface area (Å²) in [7, 11) is 0. The largest absolute Gasteiger partial charge is 0.355 e. The van der Waals surface area contributed by atoms with Crippen LogP contribution in [0.25, 0.3) is 10.9 Å². The highest BCUT2D eigenvalue weighted by Crippen LogP contribution is 2.24. The third-order valence-corrected chi connectivity index (χ3v) is 4.95. The number of nitrogens with zero attached hydrogens (tertiary/aromatic N) is 2. The Morgan fingerprint density at radius 2 is 2.08 bits per heavy atom. The van der Waals surface area contributed by atoms with E-state index in [1.165, 1.54) is 11.8 Å². The van der Waals surface area contributed by atoms with Crippen molar-refractivity contribution in [2.24, 2.45) is 5.92 Å². The molecule has 0 radical (unpaired) electrons. The van der Waals surface area contributed by atoms with Gasteiger partial charge in [-0.05, 0) is 37.5 Å². The highest BCUT2D eigenvalue weighted by atomic mass is 35.5. The summed E-state index contributed by atoms with van der Waals surface area (Å²) in [5.41, 5.74) is 0.475. The Balaban J connectivity index is 2.44. The van der Waals surface area contributed by atoms with E-state index in [0.717, 1.165) is 6.42 Å². The second kappa shape index (κ2) is 8.72. The van der Waals surface area contributed by atoms with Crippen LogP contribution < -0.4 is 10.9 Å². The first-order valence-corrected chi connectivity index (χ1v) is 9.73. The molecule has 1 aromatic heterocycles. The molecule has 0 saturated carbocycles. The van der Waals surface area contributed by atoms with Crippen LogP contribution in [0.1, 0.15) is 34.1 Å². The minimum Gasteiger partial charge on any atom is -0.355 e. The van der Waals surface area contributed by atoms with Crippen LogP contribution in [-0.4, -0.2) is 27.3 Å². The second-order valence-corrected chi connectivity index (χ2v) is 8.16. The Kier molecular flexibility index (Phi) is 6.90. The molecular formula is C18H24ClN3O2S. The lowest BCUT2D eigenvalue weighted by molar-refractivity contribution is -0.120. The standard InChI is InChI=1S/C18H24ClN3O2S/c1-5-8-20-16(23)12(4)25-18-21-15-7-6-13(19)9-14(15)17(24)22(18)10-11(2)3/h6-7,9,11-12H,5,8,10H2,1-4H3,(H,20,23)/t12-/m1/s1. The van der Waals surface area contributed by atoms with Crippen molar-refractivity contribution in [3.63, 3.8) is 0 Å². The predicted octanol–water partition coefficient (Wildman–Crippen LogP) is 3.71. The van der Waals surface area contributed by atoms with Gasteiger partial charge in [0.1, 0.15) is 0 Å². The fourth-order valence-corrected chi connectivity index (χ4v) is 3.51. The number of hydrogen-bond donors (Lipinski definition) is 1. The summed E-state index contributed by atoms with van der Waals surface area (Å²) < 4.78 is 1.65. The quantitative estimate of drug-likeness (QED) is 0.586. The topological polar surface area (TPSA) is 64.0 Å². The van der Waals surface area contributed by atoms with Crippen molar-refractivity contribution < 1.29 is 4.79 Å². The van der Waals surface area contributed by atoms with Gasteiger partial charge >= 0.3 is 0 Å². The maximum Gasteiger partial charge on any atom is 0.262 e. The number of carbonyl (C=O) groups excluding carboxylic acids is 1. The Hall–Kier alpha value is -1.53. The van der Waals surface area contributed by atoms with Crippen LogP contribution >= 0.6 is 23.4 Å². The molecule has 136 valence electrons. The molecule has 0 saturated heterocycles. The van der Waals surface area contributed by atoms with Gasteiger partial charge in [-0.3, -0.25) is 14.2 Å². The molecule has 1 amide bonds. The van der Waals surface area contributed by atoms with E-state index in [1.54, 1.807) is 22.8 Å². The third kappa shape index (κ3) is 4.98. The number of hydrogen-bond acceptors (Lipinski definition) is 4. The number of thioether (sulfide) groups is 1. The van der Waals surface area contributed by atoms with Crippen LogP contribution in [0.2, 0.25) is 5.02 Å². The first kappa shape index (κ1) is 19.8. The fourth-order valence-electron chi connectivity index (χ4n) is 2.39. The number of rotatable bonds is 7. The molecule has 0 aliphatic rings. The van der Waals surface area contributed by atoms with Crippen molar-refractivity contribution in [3.8, 4) is 0 Å². The number of aromatic nitrogens is 2. The Bertz CT molecular complexity index is 820. The number of fused-ring (bicyclic) bond motifs is 1. The van der Waals surface area contributed by atoms with Gasteiger partial charge < -0.3 is 5.32 Å². The summed E-state index contributed by atoms with van der Waals surface area (Å²) in [5, 5.41) is 4.12. The molecule has 0 unspecified atom stereocenters. The molecular weight excluding hydrogens is 358 g/mol. The van der Waals surface area contributed by atoms with E-state index in [1.807, 2.05) is 27.7 Å². The van der Waals surface area contributed by atoms with Crippen molar-refractivity contribution >= 4 is 40.2 Å². The van der Waals surface area contributed by atoms with Crippen molar-refractivity contribution in [2.45, 2.75) is 51.1 Å². The monoisotopic (exact) mass is 381 g/mol. The highest BCUT2D eigenvalue weighted by Gasteiger charge is 2.19. The van der Waals surface area contributed by atoms with Crippen LogP contribution in [0.4, 0.5) is 0 Å². The number of halogens is 1. The summed E-state index contributed by atoms with van der Waals surface area (Å²) in [6.07, 6.45) is 0.885. The van der Waals surface area contributed by atoms with Gasteiger partial charge in [-0.15, -0.1) is 0 Å². The summed E-state index contributed by atoms with van der Waals surface area (Å²) in [6.45, 7) is 9.11. The van der Waals surface area contributed by atoms with E-state index in [0.29, 0.717) is 34.2 Å². The molecule has 0 aliphatic carbocycles. The van der Waals surface area contributed by atoms with Gasteiger partial charge in [-0.1, -0.05) is 44.1 Å². The van der Waals surface area contributed by atoms with E-state index in [-0.39, 0.29) is 22.6 Å². The van der Waals surface area contributed by atoms with E-state index >= 15 is 0 Å². The first-order chi connectivity index (χ1) is 11.8. The molecule has 0 fully saturated rings. The van der Waals surface area contributed by atoms with Gasteiger partial charge in [0.2, 0.25) is 5.91 Å². The van der Waals surface area contributed by atoms with Crippen LogP contribution in [0.5, 0.6) is 0 Å². The van der Waals surface area contributed by atoms with Crippen molar-refractivity contribution in [1.29, 1.82) is 0 Å². The Morgan fingerprint density at radius 1 is 1.36 bits per heavy atom. The van der Waals surface area contributed by atoms with Gasteiger partial charge in [-0.2, -0.15) is 0 Å². The minimum atomic E-state index is -0.332. The van der Waals surface area contributed by atoms with E-state index in [9.17, 15) is 9.59 Å². The molecule has 1 N–H and O–H groups in total. The maximum absolute atomic E-state index is 12.9. The summed E-state index contributed by atoms with van der Waals surface area (Å²) in [5.74, 6) is 0.230. The van der Waals surface area contributed by atoms with Crippen molar-refractivity contribution in [3.05, 3.63) is 33.6 Å². The third-order valence-electron chi connectivity index (χ3n) is 3.63. The lowest BCUT2D eigenvalue weighted by Gasteiger charge is -2.17. The second-order valence-electron chi connectivity index (χ2n) is 6.42. The maximum atomic E-state index is 12.9. The smallest absolute Gasteiger partial charge is 0.262 e. The Morgan fingerprint density at radius 3 is 2.72 bits per heavy atom. The molecule has 25 heavy (non-hydrogen) atoms. The molecule has 0 spiro atoms. The van der Waals surface area contributed by atoms with E-state index in [4.69, 9.17) is 11.6 Å². The van der Waals surface area contributed by atoms with E-state index in [2.05, 4.69) is 10.3 Å². The number of carbonyl (C=O) groups is 1. The average molecular weight is 382 g/mol. The normalized spacial score (nSPS) is 12.6. The summed E-state index contributed by atoms with van der Waals surface area (Å²) in [6, 6.07) is 5.11. The summed E-state index contributed by atoms with van der Waals surface area (Å²) in [4.78, 5) is 29.7. The number of nitrogens with one attached hydrogen (secondary N) is 1. The van der Waals surface area contributed by atoms with Gasteiger partial charge in [0.15, 0.2) is 5.16 Å². The Labute approximate surface area is 157 Å². The zero-order valence-electron chi connectivity index (χ0n) is 15.0. The number of amides is 1. The molecule has 0 aliphatic heterocycles. The van der Waals surface area contributed by atoms with Crippen LogP contribution in [-0.2, 0) is 11.3 Å². The van der Waals surface area contributed by atoms with Gasteiger partial charge in [0.25, 0.3) is 5.56 Å². The molecule has 1 aromatic carbocycles. The van der Waals surface area contributed by atoms with Crippen LogP contribution in [0, 0.1) is 5.92 Å². The van der Waals surface area contributed by atoms with Gasteiger partial charge in [0.05, 0.1) is 16.2 Å². The molecule has 5 nitrogen and oxygen atoms in total. The zero-order valence-corrected chi connectivity index (χ0v) is 16.6. The number of benzene rings is 1. The van der Waals surface area contributed by atoms with Crippen LogP contribution in [0.3, 0.4) is 0 Å². The SMILES string of the molecule is CCCNC(=O)[C@@H](C)Sc1nc2ccc(Cl)cc2c(=O)n1CC(C)C.